The molecule has 0 fully saturated rings. The third-order valence-corrected chi connectivity index (χ3v) is 4.17. The van der Waals surface area contributed by atoms with Crippen LogP contribution in [0.25, 0.3) is 10.1 Å². The molecular formula is C10H9ClOS2. The average molecular weight is 245 g/mol. The molecule has 0 bridgehead atoms. The van der Waals surface area contributed by atoms with Crippen molar-refractivity contribution in [2.24, 2.45) is 0 Å². The van der Waals surface area contributed by atoms with E-state index in [0.717, 1.165) is 24.9 Å². The second-order valence-corrected chi connectivity index (χ2v) is 5.43. The Balaban J connectivity index is 2.75. The van der Waals surface area contributed by atoms with E-state index in [2.05, 4.69) is 6.07 Å². The molecule has 0 spiro atoms. The van der Waals surface area contributed by atoms with Crippen LogP contribution < -0.4 is 0 Å². The summed E-state index contributed by atoms with van der Waals surface area (Å²) < 4.78 is 1.91. The molecule has 2 rings (SSSR count). The van der Waals surface area contributed by atoms with Crippen LogP contribution in [0.4, 0.5) is 0 Å². The Labute approximate surface area is 95.7 Å². The lowest BCUT2D eigenvalue weighted by atomic mass is 10.1. The van der Waals surface area contributed by atoms with Gasteiger partial charge in [0.25, 0.3) is 0 Å². The van der Waals surface area contributed by atoms with Crippen LogP contribution in [0.15, 0.2) is 23.1 Å². The molecular weight excluding hydrogens is 236 g/mol. The fraction of sp³-hybridized carbons (Fsp3) is 0.200. The Bertz CT molecular complexity index is 464. The van der Waals surface area contributed by atoms with Crippen LogP contribution in [0.5, 0.6) is 0 Å². The van der Waals surface area contributed by atoms with Gasteiger partial charge in [0.05, 0.1) is 10.9 Å². The molecule has 2 aromatic rings. The van der Waals surface area contributed by atoms with Crippen molar-refractivity contribution in [3.05, 3.63) is 28.1 Å². The molecule has 0 aliphatic heterocycles. The molecule has 0 atom stereocenters. The summed E-state index contributed by atoms with van der Waals surface area (Å²) in [4.78, 5) is 1.12. The highest BCUT2D eigenvalue weighted by Gasteiger charge is 2.08. The molecule has 0 saturated carbocycles. The fourth-order valence-corrected chi connectivity index (χ4v) is 3.27. The summed E-state index contributed by atoms with van der Waals surface area (Å²) in [5, 5.41) is 10.4. The minimum Gasteiger partial charge on any atom is -0.392 e. The van der Waals surface area contributed by atoms with Crippen molar-refractivity contribution in [3.8, 4) is 0 Å². The predicted molar refractivity (Wildman–Crippen MR) is 64.5 cm³/mol. The van der Waals surface area contributed by atoms with Gasteiger partial charge < -0.3 is 5.11 Å². The second kappa shape index (κ2) is 4.11. The second-order valence-electron chi connectivity index (χ2n) is 2.87. The maximum Gasteiger partial charge on any atom is 0.0941 e. The quantitative estimate of drug-likeness (QED) is 0.812. The summed E-state index contributed by atoms with van der Waals surface area (Å²) in [6, 6.07) is 6.01. The van der Waals surface area contributed by atoms with E-state index in [4.69, 9.17) is 11.6 Å². The van der Waals surface area contributed by atoms with Crippen LogP contribution in [0.2, 0.25) is 4.34 Å². The molecule has 1 aromatic heterocycles. The number of aliphatic hydroxyl groups is 1. The number of hydrogen-bond acceptors (Lipinski definition) is 3. The van der Waals surface area contributed by atoms with Crippen LogP contribution in [0.3, 0.4) is 0 Å². The summed E-state index contributed by atoms with van der Waals surface area (Å²) in [6.45, 7) is 0.0700. The highest BCUT2D eigenvalue weighted by molar-refractivity contribution is 7.98. The Morgan fingerprint density at radius 3 is 2.93 bits per heavy atom. The summed E-state index contributed by atoms with van der Waals surface area (Å²) in [7, 11) is 0. The molecule has 1 nitrogen and oxygen atoms in total. The molecule has 1 heterocycles. The molecule has 1 N–H and O–H groups in total. The number of halogens is 1. The zero-order chi connectivity index (χ0) is 10.1. The summed E-state index contributed by atoms with van der Waals surface area (Å²) in [5.74, 6) is 0. The van der Waals surface area contributed by atoms with Gasteiger partial charge in [-0.25, -0.2) is 0 Å². The van der Waals surface area contributed by atoms with Crippen LogP contribution in [0, 0.1) is 0 Å². The monoisotopic (exact) mass is 244 g/mol. The van der Waals surface area contributed by atoms with Gasteiger partial charge in [-0.2, -0.15) is 0 Å². The van der Waals surface area contributed by atoms with Crippen molar-refractivity contribution >= 4 is 44.8 Å². The first kappa shape index (κ1) is 10.3. The highest BCUT2D eigenvalue weighted by Crippen LogP contribution is 2.35. The lowest BCUT2D eigenvalue weighted by molar-refractivity contribution is 0.280. The molecule has 0 radical (unpaired) electrons. The number of rotatable bonds is 2. The van der Waals surface area contributed by atoms with Crippen LogP contribution in [-0.4, -0.2) is 11.4 Å². The van der Waals surface area contributed by atoms with Gasteiger partial charge in [0.2, 0.25) is 0 Å². The number of benzene rings is 1. The molecule has 0 amide bonds. The maximum atomic E-state index is 9.31. The van der Waals surface area contributed by atoms with Crippen molar-refractivity contribution < 1.29 is 5.11 Å². The highest BCUT2D eigenvalue weighted by atomic mass is 35.5. The lowest BCUT2D eigenvalue weighted by Gasteiger charge is -2.05. The Morgan fingerprint density at radius 1 is 1.50 bits per heavy atom. The Morgan fingerprint density at radius 2 is 2.29 bits per heavy atom. The van der Waals surface area contributed by atoms with Gasteiger partial charge in [0.15, 0.2) is 0 Å². The van der Waals surface area contributed by atoms with E-state index in [1.165, 1.54) is 0 Å². The molecule has 0 saturated heterocycles. The van der Waals surface area contributed by atoms with Crippen LogP contribution in [0.1, 0.15) is 5.56 Å². The number of thiophene rings is 1. The first-order chi connectivity index (χ1) is 6.76. The first-order valence-corrected chi connectivity index (χ1v) is 6.54. The van der Waals surface area contributed by atoms with E-state index in [1.807, 2.05) is 18.4 Å². The van der Waals surface area contributed by atoms with Gasteiger partial charge in [0.1, 0.15) is 0 Å². The molecule has 0 unspecified atom stereocenters. The van der Waals surface area contributed by atoms with Crippen molar-refractivity contribution in [2.75, 3.05) is 6.26 Å². The van der Waals surface area contributed by atoms with Crippen molar-refractivity contribution in [1.29, 1.82) is 0 Å². The molecule has 4 heteroatoms. The molecule has 0 aliphatic rings. The van der Waals surface area contributed by atoms with Gasteiger partial charge in [-0.15, -0.1) is 23.1 Å². The van der Waals surface area contributed by atoms with Gasteiger partial charge in [-0.1, -0.05) is 11.6 Å². The van der Waals surface area contributed by atoms with Gasteiger partial charge >= 0.3 is 0 Å². The minimum absolute atomic E-state index is 0.0700. The topological polar surface area (TPSA) is 20.2 Å². The zero-order valence-electron chi connectivity index (χ0n) is 7.58. The van der Waals surface area contributed by atoms with Crippen LogP contribution in [-0.2, 0) is 6.61 Å². The van der Waals surface area contributed by atoms with Crippen LogP contribution >= 0.6 is 34.7 Å². The van der Waals surface area contributed by atoms with Crippen molar-refractivity contribution in [3.63, 3.8) is 0 Å². The molecule has 14 heavy (non-hydrogen) atoms. The maximum absolute atomic E-state index is 9.31. The van der Waals surface area contributed by atoms with E-state index in [9.17, 15) is 5.11 Å². The molecule has 0 aliphatic carbocycles. The fourth-order valence-electron chi connectivity index (χ4n) is 1.47. The minimum atomic E-state index is 0.0700. The third-order valence-electron chi connectivity index (χ3n) is 2.12. The largest absolute Gasteiger partial charge is 0.392 e. The lowest BCUT2D eigenvalue weighted by Crippen LogP contribution is -1.87. The van der Waals surface area contributed by atoms with E-state index in [-0.39, 0.29) is 6.61 Å². The van der Waals surface area contributed by atoms with Gasteiger partial charge in [-0.05, 0) is 30.0 Å². The summed E-state index contributed by atoms with van der Waals surface area (Å²) >= 11 is 9.13. The van der Waals surface area contributed by atoms with Gasteiger partial charge in [-0.3, -0.25) is 0 Å². The number of fused-ring (bicyclic) bond motifs is 1. The normalized spacial score (nSPS) is 11.1. The van der Waals surface area contributed by atoms with Crippen molar-refractivity contribution in [1.82, 2.24) is 0 Å². The van der Waals surface area contributed by atoms with Gasteiger partial charge in [0, 0.05) is 15.0 Å². The Kier molecular flexibility index (Phi) is 3.02. The number of hydrogen-bond donors (Lipinski definition) is 1. The molecule has 1 aromatic carbocycles. The smallest absolute Gasteiger partial charge is 0.0941 e. The van der Waals surface area contributed by atoms with Crippen molar-refractivity contribution in [2.45, 2.75) is 11.5 Å². The number of aliphatic hydroxyl groups excluding tert-OH is 1. The zero-order valence-corrected chi connectivity index (χ0v) is 9.97. The standard InChI is InChI=1S/C10H9ClOS2/c1-13-8-2-3-9-6(7(8)5-12)4-10(11)14-9/h2-4,12H,5H2,1H3. The van der Waals surface area contributed by atoms with E-state index < -0.39 is 0 Å². The SMILES string of the molecule is CSc1ccc2sc(Cl)cc2c1CO. The Hall–Kier alpha value is -0.220. The summed E-state index contributed by atoms with van der Waals surface area (Å²) in [5.41, 5.74) is 0.984. The van der Waals surface area contributed by atoms with E-state index in [1.54, 1.807) is 23.1 Å². The predicted octanol–water partition coefficient (Wildman–Crippen LogP) is 3.77. The number of thioether (sulfide) groups is 1. The van der Waals surface area contributed by atoms with E-state index >= 15 is 0 Å². The third kappa shape index (κ3) is 1.65. The molecule has 74 valence electrons. The van der Waals surface area contributed by atoms with E-state index in [0.29, 0.717) is 0 Å². The average Bonchev–Trinajstić information content (AvgIpc) is 2.56. The first-order valence-electron chi connectivity index (χ1n) is 4.12. The summed E-state index contributed by atoms with van der Waals surface area (Å²) in [6.07, 6.45) is 2.01.